The SMILES string of the molecule is Cc1ccc(CC(=O)C2c3c(C)nn(C)c3CCN2C(=O)/C=C/c2cc(Cl)ccc2-n2cnnn2)cc1. The second-order valence-corrected chi connectivity index (χ2v) is 9.61. The highest BCUT2D eigenvalue weighted by atomic mass is 35.5. The average Bonchev–Trinajstić information content (AvgIpc) is 3.51. The van der Waals surface area contributed by atoms with Gasteiger partial charge in [0.05, 0.1) is 11.4 Å². The van der Waals surface area contributed by atoms with E-state index < -0.39 is 6.04 Å². The number of carbonyl (C=O) groups excluding carboxylic acids is 2. The molecule has 0 saturated heterocycles. The van der Waals surface area contributed by atoms with E-state index in [0.717, 1.165) is 28.1 Å². The van der Waals surface area contributed by atoms with Gasteiger partial charge >= 0.3 is 0 Å². The Hall–Kier alpha value is -4.11. The number of halogens is 1. The lowest BCUT2D eigenvalue weighted by Crippen LogP contribution is -2.43. The zero-order valence-electron chi connectivity index (χ0n) is 20.8. The van der Waals surface area contributed by atoms with Crippen molar-refractivity contribution in [3.63, 3.8) is 0 Å². The van der Waals surface area contributed by atoms with Crippen LogP contribution in [0.1, 0.15) is 39.7 Å². The fourth-order valence-corrected chi connectivity index (χ4v) is 5.04. The minimum atomic E-state index is -0.714. The fourth-order valence-electron chi connectivity index (χ4n) is 4.86. The normalized spacial score (nSPS) is 15.2. The highest BCUT2D eigenvalue weighted by Crippen LogP contribution is 2.34. The number of hydrogen-bond acceptors (Lipinski definition) is 6. The predicted molar refractivity (Wildman–Crippen MR) is 139 cm³/mol. The van der Waals surface area contributed by atoms with Crippen LogP contribution in [0.5, 0.6) is 0 Å². The van der Waals surface area contributed by atoms with E-state index in [-0.39, 0.29) is 18.1 Å². The van der Waals surface area contributed by atoms with Gasteiger partial charge in [-0.2, -0.15) is 9.78 Å². The van der Waals surface area contributed by atoms with Gasteiger partial charge in [0.15, 0.2) is 5.78 Å². The molecule has 0 fully saturated rings. The number of amides is 1. The number of ketones is 1. The number of carbonyl (C=O) groups is 2. The van der Waals surface area contributed by atoms with E-state index in [1.165, 1.54) is 17.1 Å². The molecule has 0 radical (unpaired) electrons. The molecule has 1 amide bonds. The molecule has 1 aliphatic rings. The van der Waals surface area contributed by atoms with Gasteiger partial charge in [0, 0.05) is 54.4 Å². The van der Waals surface area contributed by atoms with Crippen LogP contribution in [-0.2, 0) is 29.5 Å². The van der Waals surface area contributed by atoms with Crippen molar-refractivity contribution < 1.29 is 9.59 Å². The van der Waals surface area contributed by atoms with Gasteiger partial charge in [0.25, 0.3) is 0 Å². The molecular weight excluding hydrogens is 490 g/mol. The maximum Gasteiger partial charge on any atom is 0.247 e. The summed E-state index contributed by atoms with van der Waals surface area (Å²) in [4.78, 5) is 28.9. The van der Waals surface area contributed by atoms with E-state index in [4.69, 9.17) is 11.6 Å². The number of nitrogens with zero attached hydrogens (tertiary/aromatic N) is 7. The third kappa shape index (κ3) is 4.95. The van der Waals surface area contributed by atoms with Crippen molar-refractivity contribution in [1.29, 1.82) is 0 Å². The van der Waals surface area contributed by atoms with Crippen LogP contribution in [0.4, 0.5) is 0 Å². The minimum absolute atomic E-state index is 0.0419. The Labute approximate surface area is 219 Å². The Morgan fingerprint density at radius 2 is 1.92 bits per heavy atom. The molecule has 3 heterocycles. The van der Waals surface area contributed by atoms with Crippen molar-refractivity contribution in [2.45, 2.75) is 32.7 Å². The van der Waals surface area contributed by atoms with Crippen molar-refractivity contribution in [1.82, 2.24) is 34.9 Å². The molecule has 0 bridgehead atoms. The Bertz CT molecular complexity index is 1490. The molecule has 1 atom stereocenters. The first-order chi connectivity index (χ1) is 17.8. The third-order valence-electron chi connectivity index (χ3n) is 6.64. The standard InChI is InChI=1S/C27H26ClN7O2/c1-17-4-6-19(7-5-17)14-24(36)27-26-18(2)30-33(3)23(26)12-13-34(27)25(37)11-8-20-15-21(28)9-10-22(20)35-16-29-31-32-35/h4-11,15-16,27H,12-14H2,1-3H3/b11-8+. The van der Waals surface area contributed by atoms with Crippen LogP contribution in [0.15, 0.2) is 54.9 Å². The Balaban J connectivity index is 1.47. The van der Waals surface area contributed by atoms with Gasteiger partial charge in [-0.25, -0.2) is 0 Å². The van der Waals surface area contributed by atoms with Crippen LogP contribution in [0.2, 0.25) is 5.02 Å². The molecule has 1 aliphatic heterocycles. The Morgan fingerprint density at radius 3 is 2.65 bits per heavy atom. The zero-order valence-corrected chi connectivity index (χ0v) is 21.6. The topological polar surface area (TPSA) is 98.8 Å². The molecule has 188 valence electrons. The molecule has 0 spiro atoms. The monoisotopic (exact) mass is 515 g/mol. The maximum atomic E-state index is 13.7. The lowest BCUT2D eigenvalue weighted by Gasteiger charge is -2.35. The van der Waals surface area contributed by atoms with Gasteiger partial charge in [-0.1, -0.05) is 41.4 Å². The average molecular weight is 516 g/mol. The highest BCUT2D eigenvalue weighted by Gasteiger charge is 2.38. The summed E-state index contributed by atoms with van der Waals surface area (Å²) in [6.45, 7) is 4.31. The molecule has 4 aromatic rings. The van der Waals surface area contributed by atoms with Crippen molar-refractivity contribution in [3.05, 3.63) is 93.5 Å². The maximum absolute atomic E-state index is 13.7. The molecule has 9 nitrogen and oxygen atoms in total. The minimum Gasteiger partial charge on any atom is -0.324 e. The molecule has 37 heavy (non-hydrogen) atoms. The van der Waals surface area contributed by atoms with Crippen LogP contribution < -0.4 is 0 Å². The van der Waals surface area contributed by atoms with E-state index in [9.17, 15) is 9.59 Å². The number of rotatable bonds is 6. The molecule has 2 aromatic heterocycles. The number of tetrazole rings is 1. The van der Waals surface area contributed by atoms with Crippen LogP contribution >= 0.6 is 11.6 Å². The summed E-state index contributed by atoms with van der Waals surface area (Å²) >= 11 is 6.23. The fraction of sp³-hybridized carbons (Fsp3) is 0.259. The third-order valence-corrected chi connectivity index (χ3v) is 6.88. The van der Waals surface area contributed by atoms with E-state index in [2.05, 4.69) is 20.6 Å². The number of aryl methyl sites for hydroxylation is 3. The van der Waals surface area contributed by atoms with Gasteiger partial charge in [-0.05, 0) is 54.1 Å². The molecule has 0 saturated carbocycles. The van der Waals surface area contributed by atoms with Gasteiger partial charge in [-0.15, -0.1) is 5.10 Å². The molecule has 0 aliphatic carbocycles. The van der Waals surface area contributed by atoms with Crippen LogP contribution in [0.3, 0.4) is 0 Å². The van der Waals surface area contributed by atoms with Gasteiger partial charge in [-0.3, -0.25) is 14.3 Å². The highest BCUT2D eigenvalue weighted by molar-refractivity contribution is 6.30. The van der Waals surface area contributed by atoms with Gasteiger partial charge < -0.3 is 4.90 Å². The largest absolute Gasteiger partial charge is 0.324 e. The van der Waals surface area contributed by atoms with E-state index >= 15 is 0 Å². The second-order valence-electron chi connectivity index (χ2n) is 9.17. The lowest BCUT2D eigenvalue weighted by atomic mass is 9.90. The van der Waals surface area contributed by atoms with Crippen LogP contribution in [-0.4, -0.2) is 53.1 Å². The van der Waals surface area contributed by atoms with Crippen molar-refractivity contribution in [2.24, 2.45) is 7.05 Å². The number of hydrogen-bond donors (Lipinski definition) is 0. The first-order valence-corrected chi connectivity index (χ1v) is 12.3. The van der Waals surface area contributed by atoms with Crippen molar-refractivity contribution in [2.75, 3.05) is 6.54 Å². The summed E-state index contributed by atoms with van der Waals surface area (Å²) in [7, 11) is 1.88. The number of benzene rings is 2. The van der Waals surface area contributed by atoms with E-state index in [1.54, 1.807) is 29.2 Å². The summed E-state index contributed by atoms with van der Waals surface area (Å²) in [5.41, 5.74) is 5.96. The number of Topliss-reactive ketones (excluding diaryl/α,β-unsaturated/α-hetero) is 1. The summed E-state index contributed by atoms with van der Waals surface area (Å²) in [6, 6.07) is 12.4. The summed E-state index contributed by atoms with van der Waals surface area (Å²) < 4.78 is 3.32. The van der Waals surface area contributed by atoms with Crippen molar-refractivity contribution >= 4 is 29.4 Å². The number of fused-ring (bicyclic) bond motifs is 1. The molecular formula is C27H26ClN7O2. The summed E-state index contributed by atoms with van der Waals surface area (Å²) in [6.07, 6.45) is 5.47. The van der Waals surface area contributed by atoms with Gasteiger partial charge in [0.1, 0.15) is 12.4 Å². The van der Waals surface area contributed by atoms with E-state index in [0.29, 0.717) is 29.2 Å². The zero-order chi connectivity index (χ0) is 26.1. The predicted octanol–water partition coefficient (Wildman–Crippen LogP) is 3.62. The molecule has 5 rings (SSSR count). The molecule has 2 aromatic carbocycles. The Morgan fingerprint density at radius 1 is 1.14 bits per heavy atom. The molecule has 0 N–H and O–H groups in total. The summed E-state index contributed by atoms with van der Waals surface area (Å²) in [5, 5.41) is 16.4. The summed E-state index contributed by atoms with van der Waals surface area (Å²) in [5.74, 6) is -0.307. The quantitative estimate of drug-likeness (QED) is 0.364. The van der Waals surface area contributed by atoms with Crippen LogP contribution in [0.25, 0.3) is 11.8 Å². The Kier molecular flexibility index (Phi) is 6.71. The smallest absolute Gasteiger partial charge is 0.247 e. The van der Waals surface area contributed by atoms with Gasteiger partial charge in [0.2, 0.25) is 5.91 Å². The lowest BCUT2D eigenvalue weighted by molar-refractivity contribution is -0.136. The van der Waals surface area contributed by atoms with Crippen LogP contribution in [0, 0.1) is 13.8 Å². The first-order valence-electron chi connectivity index (χ1n) is 11.9. The molecule has 1 unspecified atom stereocenters. The van der Waals surface area contributed by atoms with E-state index in [1.807, 2.05) is 49.8 Å². The first kappa shape index (κ1) is 24.6. The number of aromatic nitrogens is 6. The molecule has 10 heteroatoms. The second kappa shape index (κ2) is 10.1. The van der Waals surface area contributed by atoms with Crippen molar-refractivity contribution in [3.8, 4) is 5.69 Å².